The largest absolute Gasteiger partial charge is 0.493 e. The van der Waals surface area contributed by atoms with Crippen molar-refractivity contribution in [3.05, 3.63) is 30.5 Å². The molecule has 2 fully saturated rings. The van der Waals surface area contributed by atoms with Gasteiger partial charge in [-0.25, -0.2) is 0 Å². The Morgan fingerprint density at radius 1 is 1.20 bits per heavy atom. The Labute approximate surface area is 119 Å². The van der Waals surface area contributed by atoms with Crippen LogP contribution < -0.4 is 10.5 Å². The Morgan fingerprint density at radius 2 is 2.15 bits per heavy atom. The minimum atomic E-state index is 0.716. The molecule has 0 saturated heterocycles. The number of nitrogen functional groups attached to an aromatic ring is 1. The van der Waals surface area contributed by atoms with Gasteiger partial charge in [-0.1, -0.05) is 6.42 Å². The zero-order chi connectivity index (χ0) is 13.5. The van der Waals surface area contributed by atoms with E-state index in [1.165, 1.54) is 25.7 Å². The summed E-state index contributed by atoms with van der Waals surface area (Å²) in [7, 11) is 0. The molecule has 2 bridgehead atoms. The second kappa shape index (κ2) is 4.65. The number of anilines is 1. The van der Waals surface area contributed by atoms with Gasteiger partial charge in [0, 0.05) is 11.6 Å². The van der Waals surface area contributed by atoms with E-state index in [2.05, 4.69) is 4.98 Å². The molecule has 4 rings (SSSR count). The van der Waals surface area contributed by atoms with Gasteiger partial charge >= 0.3 is 0 Å². The van der Waals surface area contributed by atoms with Crippen LogP contribution in [-0.4, -0.2) is 11.6 Å². The molecule has 2 N–H and O–H groups in total. The summed E-state index contributed by atoms with van der Waals surface area (Å²) < 4.78 is 6.12. The van der Waals surface area contributed by atoms with E-state index in [-0.39, 0.29) is 0 Å². The number of fused-ring (bicyclic) bond motifs is 3. The highest BCUT2D eigenvalue weighted by molar-refractivity contribution is 5.93. The lowest BCUT2D eigenvalue weighted by Gasteiger charge is -2.22. The van der Waals surface area contributed by atoms with Crippen LogP contribution in [0.1, 0.15) is 25.7 Å². The number of aromatic nitrogens is 1. The normalized spacial score (nSPS) is 28.1. The van der Waals surface area contributed by atoms with Crippen LogP contribution >= 0.6 is 0 Å². The number of hydrogen-bond donors (Lipinski definition) is 1. The van der Waals surface area contributed by atoms with E-state index in [9.17, 15) is 0 Å². The number of nitrogens with two attached hydrogens (primary N) is 1. The van der Waals surface area contributed by atoms with Crippen LogP contribution in [0.15, 0.2) is 30.5 Å². The first-order valence-electron chi connectivity index (χ1n) is 7.57. The standard InChI is InChI=1S/C17H20N2O/c18-15-5-6-16(14-2-1-7-19-17(14)15)20-10-13-9-11-3-4-12(13)8-11/h1-2,5-7,11-13H,3-4,8-10,18H2. The van der Waals surface area contributed by atoms with Crippen molar-refractivity contribution in [2.75, 3.05) is 12.3 Å². The van der Waals surface area contributed by atoms with Crippen molar-refractivity contribution in [2.24, 2.45) is 17.8 Å². The average molecular weight is 268 g/mol. The quantitative estimate of drug-likeness (QED) is 0.865. The van der Waals surface area contributed by atoms with Gasteiger partial charge in [0.15, 0.2) is 0 Å². The van der Waals surface area contributed by atoms with E-state index in [4.69, 9.17) is 10.5 Å². The molecule has 1 aromatic carbocycles. The molecule has 0 aliphatic heterocycles. The van der Waals surface area contributed by atoms with Gasteiger partial charge in [-0.3, -0.25) is 4.98 Å². The van der Waals surface area contributed by atoms with Crippen molar-refractivity contribution < 1.29 is 4.74 Å². The van der Waals surface area contributed by atoms with Gasteiger partial charge in [-0.05, 0) is 61.3 Å². The topological polar surface area (TPSA) is 48.1 Å². The molecule has 3 atom stereocenters. The zero-order valence-corrected chi connectivity index (χ0v) is 11.6. The molecule has 2 aliphatic carbocycles. The van der Waals surface area contributed by atoms with Crippen LogP contribution in [0.3, 0.4) is 0 Å². The maximum atomic E-state index is 6.12. The van der Waals surface area contributed by atoms with Gasteiger partial charge in [0.2, 0.25) is 0 Å². The van der Waals surface area contributed by atoms with E-state index < -0.39 is 0 Å². The van der Waals surface area contributed by atoms with Crippen molar-refractivity contribution in [2.45, 2.75) is 25.7 Å². The molecule has 2 aliphatic rings. The fraction of sp³-hybridized carbons (Fsp3) is 0.471. The number of pyridine rings is 1. The minimum Gasteiger partial charge on any atom is -0.493 e. The maximum Gasteiger partial charge on any atom is 0.128 e. The second-order valence-electron chi connectivity index (χ2n) is 6.30. The third kappa shape index (κ3) is 1.92. The predicted molar refractivity (Wildman–Crippen MR) is 80.6 cm³/mol. The lowest BCUT2D eigenvalue weighted by Crippen LogP contribution is -2.18. The van der Waals surface area contributed by atoms with Crippen LogP contribution in [0, 0.1) is 17.8 Å². The molecule has 0 amide bonds. The summed E-state index contributed by atoms with van der Waals surface area (Å²) in [5, 5.41) is 1.02. The van der Waals surface area contributed by atoms with Gasteiger partial charge in [0.1, 0.15) is 5.75 Å². The van der Waals surface area contributed by atoms with Crippen LogP contribution in [0.4, 0.5) is 5.69 Å². The Hall–Kier alpha value is -1.77. The fourth-order valence-corrected chi connectivity index (χ4v) is 4.07. The van der Waals surface area contributed by atoms with Crippen molar-refractivity contribution in [1.29, 1.82) is 0 Å². The Balaban J connectivity index is 1.56. The van der Waals surface area contributed by atoms with Crippen molar-refractivity contribution in [1.82, 2.24) is 4.98 Å². The first-order valence-corrected chi connectivity index (χ1v) is 7.57. The van der Waals surface area contributed by atoms with Gasteiger partial charge in [-0.15, -0.1) is 0 Å². The lowest BCUT2D eigenvalue weighted by atomic mass is 9.89. The number of nitrogens with zero attached hydrogens (tertiary/aromatic N) is 1. The molecule has 104 valence electrons. The molecule has 1 aromatic heterocycles. The van der Waals surface area contributed by atoms with Gasteiger partial charge < -0.3 is 10.5 Å². The molecule has 2 aromatic rings. The first kappa shape index (κ1) is 12.0. The Morgan fingerprint density at radius 3 is 2.95 bits per heavy atom. The van der Waals surface area contributed by atoms with Crippen LogP contribution in [0.2, 0.25) is 0 Å². The van der Waals surface area contributed by atoms with Gasteiger partial charge in [-0.2, -0.15) is 0 Å². The molecule has 3 unspecified atom stereocenters. The summed E-state index contributed by atoms with van der Waals surface area (Å²) in [4.78, 5) is 4.35. The molecule has 0 spiro atoms. The fourth-order valence-electron chi connectivity index (χ4n) is 4.07. The summed E-state index contributed by atoms with van der Waals surface area (Å²) in [5.74, 6) is 3.54. The summed E-state index contributed by atoms with van der Waals surface area (Å²) >= 11 is 0. The summed E-state index contributed by atoms with van der Waals surface area (Å²) in [5.41, 5.74) is 7.54. The molecule has 20 heavy (non-hydrogen) atoms. The minimum absolute atomic E-state index is 0.716. The molecule has 0 radical (unpaired) electrons. The van der Waals surface area contributed by atoms with Crippen LogP contribution in [0.5, 0.6) is 5.75 Å². The van der Waals surface area contributed by atoms with Gasteiger partial charge in [0.25, 0.3) is 0 Å². The number of hydrogen-bond acceptors (Lipinski definition) is 3. The second-order valence-corrected chi connectivity index (χ2v) is 6.30. The summed E-state index contributed by atoms with van der Waals surface area (Å²) in [6.07, 6.45) is 7.41. The van der Waals surface area contributed by atoms with Gasteiger partial charge in [0.05, 0.1) is 17.8 Å². The monoisotopic (exact) mass is 268 g/mol. The van der Waals surface area contributed by atoms with E-state index in [0.717, 1.165) is 41.0 Å². The number of ether oxygens (including phenoxy) is 1. The molecular formula is C17H20N2O. The first-order chi connectivity index (χ1) is 9.81. The highest BCUT2D eigenvalue weighted by atomic mass is 16.5. The van der Waals surface area contributed by atoms with E-state index in [1.807, 2.05) is 24.3 Å². The smallest absolute Gasteiger partial charge is 0.128 e. The summed E-state index contributed by atoms with van der Waals surface area (Å²) in [6.45, 7) is 0.842. The molecule has 1 heterocycles. The van der Waals surface area contributed by atoms with Crippen LogP contribution in [0.25, 0.3) is 10.9 Å². The molecular weight excluding hydrogens is 248 g/mol. The third-order valence-electron chi connectivity index (χ3n) is 5.10. The number of rotatable bonds is 3. The zero-order valence-electron chi connectivity index (χ0n) is 11.6. The lowest BCUT2D eigenvalue weighted by molar-refractivity contribution is 0.197. The van der Waals surface area contributed by atoms with Crippen molar-refractivity contribution in [3.8, 4) is 5.75 Å². The van der Waals surface area contributed by atoms with E-state index in [0.29, 0.717) is 5.69 Å². The van der Waals surface area contributed by atoms with Crippen molar-refractivity contribution in [3.63, 3.8) is 0 Å². The third-order valence-corrected chi connectivity index (χ3v) is 5.10. The van der Waals surface area contributed by atoms with E-state index in [1.54, 1.807) is 6.20 Å². The predicted octanol–water partition coefficient (Wildman–Crippen LogP) is 3.63. The summed E-state index contributed by atoms with van der Waals surface area (Å²) in [6, 6.07) is 7.85. The average Bonchev–Trinajstić information content (AvgIpc) is 3.09. The van der Waals surface area contributed by atoms with Crippen molar-refractivity contribution >= 4 is 16.6 Å². The van der Waals surface area contributed by atoms with Crippen LogP contribution in [-0.2, 0) is 0 Å². The Bertz CT molecular complexity index is 640. The highest BCUT2D eigenvalue weighted by Gasteiger charge is 2.39. The SMILES string of the molecule is Nc1ccc(OCC2CC3CCC2C3)c2cccnc12. The number of benzene rings is 1. The molecule has 2 saturated carbocycles. The maximum absolute atomic E-state index is 6.12. The molecule has 3 nitrogen and oxygen atoms in total. The molecule has 3 heteroatoms. The highest BCUT2D eigenvalue weighted by Crippen LogP contribution is 2.48. The van der Waals surface area contributed by atoms with E-state index >= 15 is 0 Å². The Kier molecular flexibility index (Phi) is 2.79.